The first-order chi connectivity index (χ1) is 12.5. The van der Waals surface area contributed by atoms with Gasteiger partial charge in [-0.15, -0.1) is 0 Å². The van der Waals surface area contributed by atoms with E-state index >= 15 is 0 Å². The third-order valence-corrected chi connectivity index (χ3v) is 4.33. The van der Waals surface area contributed by atoms with Gasteiger partial charge in [0.2, 0.25) is 11.8 Å². The lowest BCUT2D eigenvalue weighted by Gasteiger charge is -2.34. The Morgan fingerprint density at radius 2 is 1.81 bits per heavy atom. The Hall–Kier alpha value is -3.15. The summed E-state index contributed by atoms with van der Waals surface area (Å²) in [7, 11) is 0. The van der Waals surface area contributed by atoms with E-state index in [1.165, 1.54) is 4.90 Å². The summed E-state index contributed by atoms with van der Waals surface area (Å²) in [6.45, 7) is 2.70. The maximum absolute atomic E-state index is 12.8. The molecule has 1 heterocycles. The molecule has 6 nitrogen and oxygen atoms in total. The first-order valence-electron chi connectivity index (χ1n) is 8.55. The van der Waals surface area contributed by atoms with E-state index in [-0.39, 0.29) is 24.1 Å². The van der Waals surface area contributed by atoms with E-state index in [4.69, 9.17) is 0 Å². The number of rotatable bonds is 4. The highest BCUT2D eigenvalue weighted by Gasteiger charge is 2.35. The van der Waals surface area contributed by atoms with Gasteiger partial charge in [0.1, 0.15) is 6.04 Å². The molecule has 0 spiro atoms. The molecule has 1 aliphatic rings. The van der Waals surface area contributed by atoms with Gasteiger partial charge < -0.3 is 15.5 Å². The first kappa shape index (κ1) is 17.7. The zero-order chi connectivity index (χ0) is 18.5. The summed E-state index contributed by atoms with van der Waals surface area (Å²) in [5.74, 6) is -0.850. The van der Waals surface area contributed by atoms with E-state index in [0.29, 0.717) is 24.3 Å². The number of aryl methyl sites for hydroxylation is 1. The van der Waals surface area contributed by atoms with Crippen molar-refractivity contribution in [3.8, 4) is 0 Å². The predicted molar refractivity (Wildman–Crippen MR) is 98.7 cm³/mol. The van der Waals surface area contributed by atoms with Crippen LogP contribution in [0.25, 0.3) is 0 Å². The standard InChI is InChI=1S/C20H21N3O3/c1-14-7-9-15(10-8-14)20(26)23-12-11-21-19(25)17(23)13-18(24)22-16-5-3-2-4-6-16/h2-10,17H,11-13H2,1H3,(H,21,25)(H,22,24)/t17-/m0/s1. The van der Waals surface area contributed by atoms with Crippen molar-refractivity contribution in [2.24, 2.45) is 0 Å². The van der Waals surface area contributed by atoms with E-state index in [9.17, 15) is 14.4 Å². The van der Waals surface area contributed by atoms with Crippen LogP contribution in [-0.4, -0.2) is 41.8 Å². The van der Waals surface area contributed by atoms with Crippen LogP contribution in [0.4, 0.5) is 5.69 Å². The highest BCUT2D eigenvalue weighted by molar-refractivity contribution is 6.01. The van der Waals surface area contributed by atoms with Crippen molar-refractivity contribution in [1.82, 2.24) is 10.2 Å². The van der Waals surface area contributed by atoms with Crippen LogP contribution < -0.4 is 10.6 Å². The monoisotopic (exact) mass is 351 g/mol. The quantitative estimate of drug-likeness (QED) is 0.884. The smallest absolute Gasteiger partial charge is 0.254 e. The molecule has 3 rings (SSSR count). The number of nitrogens with zero attached hydrogens (tertiary/aromatic N) is 1. The lowest BCUT2D eigenvalue weighted by molar-refractivity contribution is -0.131. The second-order valence-electron chi connectivity index (χ2n) is 6.29. The number of piperazine rings is 1. The molecule has 2 aromatic rings. The molecule has 2 N–H and O–H groups in total. The van der Waals surface area contributed by atoms with Gasteiger partial charge in [-0.05, 0) is 31.2 Å². The maximum Gasteiger partial charge on any atom is 0.254 e. The van der Waals surface area contributed by atoms with Gasteiger partial charge >= 0.3 is 0 Å². The van der Waals surface area contributed by atoms with Crippen LogP contribution in [0, 0.1) is 6.92 Å². The zero-order valence-electron chi connectivity index (χ0n) is 14.6. The molecule has 0 aromatic heterocycles. The third-order valence-electron chi connectivity index (χ3n) is 4.33. The Balaban J connectivity index is 1.73. The van der Waals surface area contributed by atoms with Gasteiger partial charge in [0, 0.05) is 24.3 Å². The highest BCUT2D eigenvalue weighted by atomic mass is 16.2. The summed E-state index contributed by atoms with van der Waals surface area (Å²) < 4.78 is 0. The minimum absolute atomic E-state index is 0.0850. The van der Waals surface area contributed by atoms with E-state index in [0.717, 1.165) is 5.56 Å². The van der Waals surface area contributed by atoms with Crippen molar-refractivity contribution >= 4 is 23.4 Å². The van der Waals surface area contributed by atoms with Crippen molar-refractivity contribution in [3.05, 3.63) is 65.7 Å². The van der Waals surface area contributed by atoms with Gasteiger partial charge in [0.05, 0.1) is 6.42 Å². The van der Waals surface area contributed by atoms with Crippen LogP contribution >= 0.6 is 0 Å². The lowest BCUT2D eigenvalue weighted by atomic mass is 10.1. The van der Waals surface area contributed by atoms with E-state index in [1.54, 1.807) is 24.3 Å². The summed E-state index contributed by atoms with van der Waals surface area (Å²) in [4.78, 5) is 38.9. The number of nitrogens with one attached hydrogen (secondary N) is 2. The third kappa shape index (κ3) is 4.08. The maximum atomic E-state index is 12.8. The molecular formula is C20H21N3O3. The first-order valence-corrected chi connectivity index (χ1v) is 8.55. The number of hydrogen-bond acceptors (Lipinski definition) is 3. The van der Waals surface area contributed by atoms with Crippen LogP contribution in [0.1, 0.15) is 22.3 Å². The normalized spacial score (nSPS) is 16.7. The van der Waals surface area contributed by atoms with Crippen LogP contribution in [0.15, 0.2) is 54.6 Å². The fourth-order valence-electron chi connectivity index (χ4n) is 2.93. The largest absolute Gasteiger partial charge is 0.353 e. The molecule has 0 radical (unpaired) electrons. The molecule has 1 fully saturated rings. The molecule has 1 aliphatic heterocycles. The minimum Gasteiger partial charge on any atom is -0.353 e. The Morgan fingerprint density at radius 3 is 2.50 bits per heavy atom. The topological polar surface area (TPSA) is 78.5 Å². The van der Waals surface area contributed by atoms with E-state index in [2.05, 4.69) is 10.6 Å². The van der Waals surface area contributed by atoms with Crippen LogP contribution in [0.5, 0.6) is 0 Å². The van der Waals surface area contributed by atoms with Gasteiger partial charge in [-0.1, -0.05) is 35.9 Å². The van der Waals surface area contributed by atoms with E-state index < -0.39 is 6.04 Å². The Morgan fingerprint density at radius 1 is 1.12 bits per heavy atom. The molecule has 6 heteroatoms. The minimum atomic E-state index is -0.818. The average molecular weight is 351 g/mol. The molecule has 3 amide bonds. The van der Waals surface area contributed by atoms with Gasteiger partial charge in [-0.25, -0.2) is 0 Å². The molecule has 0 aliphatic carbocycles. The van der Waals surface area contributed by atoms with Crippen molar-refractivity contribution in [1.29, 1.82) is 0 Å². The Bertz CT molecular complexity index is 803. The molecule has 0 unspecified atom stereocenters. The molecule has 0 bridgehead atoms. The summed E-state index contributed by atoms with van der Waals surface area (Å²) in [5, 5.41) is 5.49. The Labute approximate surface area is 152 Å². The molecule has 1 atom stereocenters. The molecule has 0 saturated carbocycles. The van der Waals surface area contributed by atoms with Crippen molar-refractivity contribution in [2.75, 3.05) is 18.4 Å². The molecule has 134 valence electrons. The van der Waals surface area contributed by atoms with Gasteiger partial charge in [0.25, 0.3) is 5.91 Å². The zero-order valence-corrected chi connectivity index (χ0v) is 14.6. The van der Waals surface area contributed by atoms with Gasteiger partial charge in [-0.2, -0.15) is 0 Å². The molecule has 2 aromatic carbocycles. The van der Waals surface area contributed by atoms with E-state index in [1.807, 2.05) is 37.3 Å². The highest BCUT2D eigenvalue weighted by Crippen LogP contribution is 2.16. The second kappa shape index (κ2) is 7.82. The van der Waals surface area contributed by atoms with Crippen molar-refractivity contribution in [3.63, 3.8) is 0 Å². The molecule has 1 saturated heterocycles. The fraction of sp³-hybridized carbons (Fsp3) is 0.250. The summed E-state index contributed by atoms with van der Waals surface area (Å²) in [6, 6.07) is 15.4. The summed E-state index contributed by atoms with van der Waals surface area (Å²) >= 11 is 0. The number of amides is 3. The van der Waals surface area contributed by atoms with Crippen LogP contribution in [0.2, 0.25) is 0 Å². The van der Waals surface area contributed by atoms with Crippen LogP contribution in [-0.2, 0) is 9.59 Å². The van der Waals surface area contributed by atoms with Crippen molar-refractivity contribution < 1.29 is 14.4 Å². The molecular weight excluding hydrogens is 330 g/mol. The SMILES string of the molecule is Cc1ccc(C(=O)N2CCNC(=O)[C@@H]2CC(=O)Nc2ccccc2)cc1. The lowest BCUT2D eigenvalue weighted by Crippen LogP contribution is -2.58. The number of para-hydroxylation sites is 1. The van der Waals surface area contributed by atoms with Crippen LogP contribution in [0.3, 0.4) is 0 Å². The number of anilines is 1. The number of carbonyl (C=O) groups excluding carboxylic acids is 3. The fourth-order valence-corrected chi connectivity index (χ4v) is 2.93. The van der Waals surface area contributed by atoms with Gasteiger partial charge in [0.15, 0.2) is 0 Å². The number of benzene rings is 2. The summed E-state index contributed by atoms with van der Waals surface area (Å²) in [5.41, 5.74) is 2.22. The Kier molecular flexibility index (Phi) is 5.31. The predicted octanol–water partition coefficient (Wildman–Crippen LogP) is 1.96. The summed E-state index contributed by atoms with van der Waals surface area (Å²) in [6.07, 6.45) is -0.0850. The van der Waals surface area contributed by atoms with Gasteiger partial charge in [-0.3, -0.25) is 14.4 Å². The molecule has 26 heavy (non-hydrogen) atoms. The number of hydrogen-bond donors (Lipinski definition) is 2. The number of carbonyl (C=O) groups is 3. The average Bonchev–Trinajstić information content (AvgIpc) is 2.64. The van der Waals surface area contributed by atoms with Crippen molar-refractivity contribution in [2.45, 2.75) is 19.4 Å². The second-order valence-corrected chi connectivity index (χ2v) is 6.29.